The molecule has 0 aromatic heterocycles. The summed E-state index contributed by atoms with van der Waals surface area (Å²) in [6, 6.07) is 25.0. The van der Waals surface area contributed by atoms with Gasteiger partial charge < -0.3 is 0 Å². The first-order valence-electron chi connectivity index (χ1n) is 7.89. The van der Waals surface area contributed by atoms with Crippen LogP contribution in [-0.4, -0.2) is 11.6 Å². The first-order chi connectivity index (χ1) is 12.1. The summed E-state index contributed by atoms with van der Waals surface area (Å²) in [7, 11) is 0. The lowest BCUT2D eigenvalue weighted by molar-refractivity contribution is 0.0955. The molecule has 3 aromatic carbocycles. The lowest BCUT2D eigenvalue weighted by Gasteiger charge is -2.05. The summed E-state index contributed by atoms with van der Waals surface area (Å²) in [6.45, 7) is 1.86. The third-order valence-corrected chi connectivity index (χ3v) is 4.06. The Kier molecular flexibility index (Phi) is 5.26. The minimum absolute atomic E-state index is 0.289. The van der Waals surface area contributed by atoms with Crippen molar-refractivity contribution < 1.29 is 4.79 Å². The summed E-state index contributed by atoms with van der Waals surface area (Å²) >= 11 is 5.90. The maximum atomic E-state index is 12.1. The van der Waals surface area contributed by atoms with E-state index in [2.05, 4.69) is 22.7 Å². The first-order valence-corrected chi connectivity index (χ1v) is 8.27. The minimum atomic E-state index is -0.289. The topological polar surface area (TPSA) is 41.5 Å². The number of hydrogen-bond acceptors (Lipinski definition) is 2. The third-order valence-electron chi connectivity index (χ3n) is 3.82. The van der Waals surface area contributed by atoms with Crippen LogP contribution in [-0.2, 0) is 0 Å². The molecule has 0 atom stereocenters. The number of benzene rings is 3. The van der Waals surface area contributed by atoms with E-state index in [1.165, 1.54) is 0 Å². The fourth-order valence-electron chi connectivity index (χ4n) is 2.43. The van der Waals surface area contributed by atoms with Gasteiger partial charge in [-0.25, -0.2) is 5.43 Å². The standard InChI is InChI=1S/C21H17ClN2O/c1-15(23-24-21(25)19-8-5-9-20(22)14-19)16-10-12-18(13-11-16)17-6-3-2-4-7-17/h2-14H,1H3,(H,24,25)/b23-15+. The summed E-state index contributed by atoms with van der Waals surface area (Å²) in [5.41, 5.74) is 7.02. The Labute approximate surface area is 152 Å². The molecule has 0 unspecified atom stereocenters. The van der Waals surface area contributed by atoms with Gasteiger partial charge in [-0.05, 0) is 41.8 Å². The van der Waals surface area contributed by atoms with Gasteiger partial charge in [0.15, 0.2) is 0 Å². The molecule has 0 aliphatic carbocycles. The van der Waals surface area contributed by atoms with Crippen molar-refractivity contribution in [2.24, 2.45) is 5.10 Å². The molecule has 0 aliphatic heterocycles. The Morgan fingerprint density at radius 1 is 0.840 bits per heavy atom. The molecule has 3 nitrogen and oxygen atoms in total. The summed E-state index contributed by atoms with van der Waals surface area (Å²) in [6.07, 6.45) is 0. The van der Waals surface area contributed by atoms with Gasteiger partial charge in [-0.3, -0.25) is 4.79 Å². The number of hydrazone groups is 1. The van der Waals surface area contributed by atoms with Gasteiger partial charge in [0.05, 0.1) is 5.71 Å². The SMILES string of the molecule is C/C(=N\NC(=O)c1cccc(Cl)c1)c1ccc(-c2ccccc2)cc1. The van der Waals surface area contributed by atoms with Gasteiger partial charge in [-0.2, -0.15) is 5.10 Å². The maximum absolute atomic E-state index is 12.1. The summed E-state index contributed by atoms with van der Waals surface area (Å²) in [5.74, 6) is -0.289. The van der Waals surface area contributed by atoms with Gasteiger partial charge in [0.2, 0.25) is 0 Å². The number of nitrogens with zero attached hydrogens (tertiary/aromatic N) is 1. The molecule has 3 rings (SSSR count). The van der Waals surface area contributed by atoms with Gasteiger partial charge in [-0.15, -0.1) is 0 Å². The quantitative estimate of drug-likeness (QED) is 0.513. The molecule has 4 heteroatoms. The molecule has 25 heavy (non-hydrogen) atoms. The highest BCUT2D eigenvalue weighted by molar-refractivity contribution is 6.30. The van der Waals surface area contributed by atoms with Crippen LogP contribution in [0.2, 0.25) is 5.02 Å². The number of carbonyl (C=O) groups excluding carboxylic acids is 1. The van der Waals surface area contributed by atoms with Gasteiger partial charge in [0.25, 0.3) is 5.91 Å². The molecule has 1 amide bonds. The molecule has 1 N–H and O–H groups in total. The Balaban J connectivity index is 1.71. The maximum Gasteiger partial charge on any atom is 0.271 e. The smallest absolute Gasteiger partial charge is 0.267 e. The van der Waals surface area contributed by atoms with Crippen LogP contribution in [0.3, 0.4) is 0 Å². The highest BCUT2D eigenvalue weighted by Gasteiger charge is 2.05. The number of amides is 1. The Bertz CT molecular complexity index is 903. The van der Waals surface area contributed by atoms with Gasteiger partial charge in [-0.1, -0.05) is 72.3 Å². The van der Waals surface area contributed by atoms with E-state index in [0.717, 1.165) is 22.4 Å². The predicted molar refractivity (Wildman–Crippen MR) is 103 cm³/mol. The molecule has 3 aromatic rings. The number of carbonyl (C=O) groups is 1. The van der Waals surface area contributed by atoms with E-state index in [-0.39, 0.29) is 5.91 Å². The summed E-state index contributed by atoms with van der Waals surface area (Å²) < 4.78 is 0. The zero-order valence-corrected chi connectivity index (χ0v) is 14.5. The van der Waals surface area contributed by atoms with Gasteiger partial charge >= 0.3 is 0 Å². The molecule has 0 radical (unpaired) electrons. The molecule has 0 heterocycles. The van der Waals surface area contributed by atoms with Crippen molar-refractivity contribution >= 4 is 23.2 Å². The fraction of sp³-hybridized carbons (Fsp3) is 0.0476. The van der Waals surface area contributed by atoms with E-state index in [1.807, 2.05) is 49.4 Å². The van der Waals surface area contributed by atoms with E-state index < -0.39 is 0 Å². The normalized spacial score (nSPS) is 11.2. The fourth-order valence-corrected chi connectivity index (χ4v) is 2.62. The highest BCUT2D eigenvalue weighted by Crippen LogP contribution is 2.19. The lowest BCUT2D eigenvalue weighted by Crippen LogP contribution is -2.19. The largest absolute Gasteiger partial charge is 0.271 e. The molecule has 124 valence electrons. The number of hydrogen-bond donors (Lipinski definition) is 1. The molecule has 0 saturated heterocycles. The second-order valence-corrected chi connectivity index (χ2v) is 6.03. The monoisotopic (exact) mass is 348 g/mol. The van der Waals surface area contributed by atoms with E-state index in [9.17, 15) is 4.79 Å². The molecule has 0 spiro atoms. The van der Waals surface area contributed by atoms with Crippen molar-refractivity contribution in [1.29, 1.82) is 0 Å². The van der Waals surface area contributed by atoms with E-state index >= 15 is 0 Å². The Hall–Kier alpha value is -2.91. The lowest BCUT2D eigenvalue weighted by atomic mass is 10.0. The average molecular weight is 349 g/mol. The van der Waals surface area contributed by atoms with E-state index in [1.54, 1.807) is 24.3 Å². The first kappa shape index (κ1) is 16.9. The Morgan fingerprint density at radius 2 is 1.52 bits per heavy atom. The van der Waals surface area contributed by atoms with Crippen molar-refractivity contribution in [3.63, 3.8) is 0 Å². The zero-order valence-electron chi connectivity index (χ0n) is 13.7. The second kappa shape index (κ2) is 7.77. The molecular weight excluding hydrogens is 332 g/mol. The number of rotatable bonds is 4. The van der Waals surface area contributed by atoms with E-state index in [0.29, 0.717) is 10.6 Å². The number of nitrogens with one attached hydrogen (secondary N) is 1. The molecule has 0 saturated carbocycles. The van der Waals surface area contributed by atoms with Crippen molar-refractivity contribution in [3.8, 4) is 11.1 Å². The van der Waals surface area contributed by atoms with Crippen LogP contribution in [0, 0.1) is 0 Å². The minimum Gasteiger partial charge on any atom is -0.267 e. The zero-order chi connectivity index (χ0) is 17.6. The van der Waals surface area contributed by atoms with Crippen LogP contribution < -0.4 is 5.43 Å². The van der Waals surface area contributed by atoms with Crippen LogP contribution in [0.5, 0.6) is 0 Å². The van der Waals surface area contributed by atoms with Crippen LogP contribution in [0.25, 0.3) is 11.1 Å². The van der Waals surface area contributed by atoms with Crippen molar-refractivity contribution in [3.05, 3.63) is 95.0 Å². The molecular formula is C21H17ClN2O. The van der Waals surface area contributed by atoms with Crippen molar-refractivity contribution in [2.45, 2.75) is 6.92 Å². The number of halogens is 1. The van der Waals surface area contributed by atoms with E-state index in [4.69, 9.17) is 11.6 Å². The summed E-state index contributed by atoms with van der Waals surface area (Å²) in [5, 5.41) is 4.70. The van der Waals surface area contributed by atoms with Crippen molar-refractivity contribution in [2.75, 3.05) is 0 Å². The highest BCUT2D eigenvalue weighted by atomic mass is 35.5. The Morgan fingerprint density at radius 3 is 2.20 bits per heavy atom. The van der Waals surface area contributed by atoms with Crippen LogP contribution >= 0.6 is 11.6 Å². The predicted octanol–water partition coefficient (Wildman–Crippen LogP) is 5.16. The van der Waals surface area contributed by atoms with Gasteiger partial charge in [0, 0.05) is 10.6 Å². The summed E-state index contributed by atoms with van der Waals surface area (Å²) in [4.78, 5) is 12.1. The third kappa shape index (κ3) is 4.34. The average Bonchev–Trinajstić information content (AvgIpc) is 2.66. The van der Waals surface area contributed by atoms with Crippen molar-refractivity contribution in [1.82, 2.24) is 5.43 Å². The molecule has 0 bridgehead atoms. The molecule has 0 aliphatic rings. The van der Waals surface area contributed by atoms with Crippen LogP contribution in [0.1, 0.15) is 22.8 Å². The van der Waals surface area contributed by atoms with Crippen LogP contribution in [0.4, 0.5) is 0 Å². The second-order valence-electron chi connectivity index (χ2n) is 5.59. The molecule has 0 fully saturated rings. The van der Waals surface area contributed by atoms with Crippen LogP contribution in [0.15, 0.2) is 84.0 Å². The van der Waals surface area contributed by atoms with Gasteiger partial charge in [0.1, 0.15) is 0 Å².